The van der Waals surface area contributed by atoms with Crippen molar-refractivity contribution in [1.82, 2.24) is 4.90 Å². The summed E-state index contributed by atoms with van der Waals surface area (Å²) in [6, 6.07) is 11.6. The van der Waals surface area contributed by atoms with Gasteiger partial charge in [0.2, 0.25) is 0 Å². The van der Waals surface area contributed by atoms with Gasteiger partial charge in [0, 0.05) is 32.4 Å². The number of rotatable bonds is 5. The molecule has 0 spiro atoms. The molecule has 0 saturated heterocycles. The summed E-state index contributed by atoms with van der Waals surface area (Å²) < 4.78 is 5.14. The van der Waals surface area contributed by atoms with Crippen LogP contribution in [-0.2, 0) is 22.6 Å². The molecule has 0 saturated carbocycles. The number of nitrogens with zero attached hydrogens (tertiary/aromatic N) is 2. The van der Waals surface area contributed by atoms with Crippen LogP contribution in [-0.4, -0.2) is 48.7 Å². The number of methoxy groups -OCH3 is 1. The van der Waals surface area contributed by atoms with Gasteiger partial charge >= 0.3 is 5.97 Å². The van der Waals surface area contributed by atoms with Crippen LogP contribution in [0.4, 0.5) is 5.69 Å². The van der Waals surface area contributed by atoms with Gasteiger partial charge in [-0.05, 0) is 68.1 Å². The Morgan fingerprint density at radius 3 is 2.42 bits per heavy atom. The molecule has 1 aliphatic heterocycles. The van der Waals surface area contributed by atoms with Crippen LogP contribution in [0.2, 0.25) is 0 Å². The van der Waals surface area contributed by atoms with Crippen LogP contribution in [0.1, 0.15) is 64.7 Å². The molecule has 0 radical (unpaired) electrons. The van der Waals surface area contributed by atoms with Crippen LogP contribution in [0, 0.1) is 13.8 Å². The summed E-state index contributed by atoms with van der Waals surface area (Å²) >= 11 is 0. The van der Waals surface area contributed by atoms with E-state index in [0.29, 0.717) is 13.1 Å². The Labute approximate surface area is 197 Å². The zero-order chi connectivity index (χ0) is 23.8. The molecule has 0 aromatic heterocycles. The first-order valence-electron chi connectivity index (χ1n) is 11.8. The molecule has 178 valence electrons. The van der Waals surface area contributed by atoms with Crippen molar-refractivity contribution >= 4 is 17.6 Å². The smallest absolute Gasteiger partial charge is 0.335 e. The van der Waals surface area contributed by atoms with Gasteiger partial charge in [0.25, 0.3) is 5.91 Å². The molecule has 0 unspecified atom stereocenters. The fourth-order valence-corrected chi connectivity index (χ4v) is 4.49. The summed E-state index contributed by atoms with van der Waals surface area (Å²) in [5.41, 5.74) is 5.66. The summed E-state index contributed by atoms with van der Waals surface area (Å²) in [5.74, 6) is -1.06. The van der Waals surface area contributed by atoms with Crippen LogP contribution in [0.5, 0.6) is 0 Å². The lowest BCUT2D eigenvalue weighted by molar-refractivity contribution is -0.122. The Balaban J connectivity index is 2.01. The van der Waals surface area contributed by atoms with Crippen molar-refractivity contribution in [2.24, 2.45) is 0 Å². The monoisotopic (exact) mass is 452 g/mol. The minimum Gasteiger partial charge on any atom is -0.478 e. The SMILES string of the molecule is COCC(=O)N1CCCCCCCN(Cc2cc(C)ccc2C)Cc2cc(C(=O)O)ccc21. The quantitative estimate of drug-likeness (QED) is 0.695. The predicted octanol–water partition coefficient (Wildman–Crippen LogP) is 4.95. The fraction of sp³-hybridized carbons (Fsp3) is 0.481. The fourth-order valence-electron chi connectivity index (χ4n) is 4.49. The highest BCUT2D eigenvalue weighted by atomic mass is 16.5. The van der Waals surface area contributed by atoms with E-state index in [1.54, 1.807) is 23.1 Å². The topological polar surface area (TPSA) is 70.1 Å². The molecule has 1 aliphatic rings. The van der Waals surface area contributed by atoms with Crippen LogP contribution in [0.3, 0.4) is 0 Å². The number of anilines is 1. The zero-order valence-corrected chi connectivity index (χ0v) is 20.1. The van der Waals surface area contributed by atoms with Crippen molar-refractivity contribution in [3.63, 3.8) is 0 Å². The van der Waals surface area contributed by atoms with Gasteiger partial charge in [-0.2, -0.15) is 0 Å². The molecule has 2 aromatic rings. The second-order valence-corrected chi connectivity index (χ2v) is 9.04. The van der Waals surface area contributed by atoms with Crippen molar-refractivity contribution in [2.45, 2.75) is 59.0 Å². The first kappa shape index (κ1) is 24.9. The van der Waals surface area contributed by atoms with Crippen molar-refractivity contribution in [3.8, 4) is 0 Å². The Morgan fingerprint density at radius 1 is 0.970 bits per heavy atom. The number of aromatic carboxylic acids is 1. The van der Waals surface area contributed by atoms with Crippen LogP contribution < -0.4 is 4.90 Å². The van der Waals surface area contributed by atoms with E-state index in [9.17, 15) is 14.7 Å². The predicted molar refractivity (Wildman–Crippen MR) is 131 cm³/mol. The standard InChI is InChI=1S/C27H36N2O4/c1-20-9-10-21(2)23(15-20)17-28-13-7-5-4-6-8-14-29(26(30)19-33-3)25-12-11-22(27(31)32)16-24(25)18-28/h9-12,15-16H,4-8,13-14,17-19H2,1-3H3,(H,31,32). The minimum absolute atomic E-state index is 0.00627. The maximum absolute atomic E-state index is 12.9. The lowest BCUT2D eigenvalue weighted by Crippen LogP contribution is -2.36. The summed E-state index contributed by atoms with van der Waals surface area (Å²) in [6.45, 7) is 7.15. The number of hydrogen-bond donors (Lipinski definition) is 1. The minimum atomic E-state index is -0.959. The highest BCUT2D eigenvalue weighted by Crippen LogP contribution is 2.27. The third kappa shape index (κ3) is 6.89. The molecule has 1 N–H and O–H groups in total. The van der Waals surface area contributed by atoms with Gasteiger partial charge < -0.3 is 14.7 Å². The van der Waals surface area contributed by atoms with E-state index in [-0.39, 0.29) is 18.1 Å². The first-order valence-corrected chi connectivity index (χ1v) is 11.8. The Morgan fingerprint density at radius 2 is 1.70 bits per heavy atom. The summed E-state index contributed by atoms with van der Waals surface area (Å²) in [7, 11) is 1.52. The maximum Gasteiger partial charge on any atom is 0.335 e. The average Bonchev–Trinajstić information content (AvgIpc) is 2.77. The molecular weight excluding hydrogens is 416 g/mol. The van der Waals surface area contributed by atoms with Crippen molar-refractivity contribution in [1.29, 1.82) is 0 Å². The van der Waals surface area contributed by atoms with E-state index in [1.807, 2.05) is 0 Å². The highest BCUT2D eigenvalue weighted by Gasteiger charge is 2.22. The average molecular weight is 453 g/mol. The number of benzene rings is 2. The van der Waals surface area contributed by atoms with Crippen LogP contribution in [0.25, 0.3) is 0 Å². The lowest BCUT2D eigenvalue weighted by Gasteiger charge is -2.30. The number of carboxylic acid groups (broad SMARTS) is 1. The number of carbonyl (C=O) groups is 2. The van der Waals surface area contributed by atoms with Gasteiger partial charge in [-0.3, -0.25) is 9.69 Å². The third-order valence-corrected chi connectivity index (χ3v) is 6.33. The molecule has 3 rings (SSSR count). The largest absolute Gasteiger partial charge is 0.478 e. The molecule has 0 atom stereocenters. The van der Waals surface area contributed by atoms with Crippen molar-refractivity contribution in [3.05, 3.63) is 64.2 Å². The Kier molecular flexibility index (Phi) is 9.03. The number of hydrogen-bond acceptors (Lipinski definition) is 4. The zero-order valence-electron chi connectivity index (χ0n) is 20.1. The molecule has 0 bridgehead atoms. The maximum atomic E-state index is 12.9. The van der Waals surface area contributed by atoms with E-state index in [1.165, 1.54) is 23.8 Å². The third-order valence-electron chi connectivity index (χ3n) is 6.33. The number of fused-ring (bicyclic) bond motifs is 1. The van der Waals surface area contributed by atoms with Gasteiger partial charge in [-0.15, -0.1) is 0 Å². The van der Waals surface area contributed by atoms with E-state index in [4.69, 9.17) is 4.74 Å². The molecule has 0 fully saturated rings. The van der Waals surface area contributed by atoms with E-state index in [0.717, 1.165) is 56.4 Å². The van der Waals surface area contributed by atoms with E-state index >= 15 is 0 Å². The second kappa shape index (κ2) is 12.0. The summed E-state index contributed by atoms with van der Waals surface area (Å²) in [5, 5.41) is 9.61. The van der Waals surface area contributed by atoms with Crippen molar-refractivity contribution in [2.75, 3.05) is 31.7 Å². The molecule has 0 aliphatic carbocycles. The lowest BCUT2D eigenvalue weighted by atomic mass is 10.0. The van der Waals surface area contributed by atoms with E-state index < -0.39 is 5.97 Å². The van der Waals surface area contributed by atoms with Gasteiger partial charge in [0.1, 0.15) is 6.61 Å². The van der Waals surface area contributed by atoms with Crippen LogP contribution >= 0.6 is 0 Å². The molecule has 6 nitrogen and oxygen atoms in total. The number of ether oxygens (including phenoxy) is 1. The Hall–Kier alpha value is -2.70. The molecule has 1 heterocycles. The number of carboxylic acids is 1. The summed E-state index contributed by atoms with van der Waals surface area (Å²) in [6.07, 6.45) is 5.38. The molecule has 2 aromatic carbocycles. The van der Waals surface area contributed by atoms with Gasteiger partial charge in [0.05, 0.1) is 5.56 Å². The van der Waals surface area contributed by atoms with Crippen molar-refractivity contribution < 1.29 is 19.4 Å². The normalized spacial score (nSPS) is 15.9. The molecule has 6 heteroatoms. The highest BCUT2D eigenvalue weighted by molar-refractivity contribution is 5.96. The number of aryl methyl sites for hydroxylation is 2. The molecular formula is C27H36N2O4. The molecule has 33 heavy (non-hydrogen) atoms. The van der Waals surface area contributed by atoms with E-state index in [2.05, 4.69) is 36.9 Å². The van der Waals surface area contributed by atoms with Gasteiger partial charge in [-0.1, -0.05) is 43.0 Å². The second-order valence-electron chi connectivity index (χ2n) is 9.04. The van der Waals surface area contributed by atoms with Gasteiger partial charge in [-0.25, -0.2) is 4.79 Å². The van der Waals surface area contributed by atoms with Crippen LogP contribution in [0.15, 0.2) is 36.4 Å². The first-order chi connectivity index (χ1) is 15.9. The molecule has 1 amide bonds. The number of amides is 1. The summed E-state index contributed by atoms with van der Waals surface area (Å²) in [4.78, 5) is 28.8. The van der Waals surface area contributed by atoms with Gasteiger partial charge in [0.15, 0.2) is 0 Å². The number of carbonyl (C=O) groups excluding carboxylic acids is 1. The Bertz CT molecular complexity index is 973.